The van der Waals surface area contributed by atoms with Crippen LogP contribution in [0.1, 0.15) is 39.0 Å². The molecule has 2 aromatic rings. The lowest BCUT2D eigenvalue weighted by atomic mass is 10.1. The average Bonchev–Trinajstić information content (AvgIpc) is 3.17. The Balaban J connectivity index is 2.07. The van der Waals surface area contributed by atoms with Crippen molar-refractivity contribution in [3.8, 4) is 0 Å². The molecule has 0 aliphatic heterocycles. The largest absolute Gasteiger partial charge is 0.465 e. The normalized spacial score (nSPS) is 12.0. The van der Waals surface area contributed by atoms with Gasteiger partial charge in [-0.05, 0) is 26.3 Å². The molecule has 0 aliphatic carbocycles. The Bertz CT molecular complexity index is 787. The average molecular weight is 399 g/mol. The van der Waals surface area contributed by atoms with Gasteiger partial charge in [0.25, 0.3) is 0 Å². The minimum absolute atomic E-state index is 0.102. The van der Waals surface area contributed by atoms with E-state index in [9.17, 15) is 9.59 Å². The zero-order valence-electron chi connectivity index (χ0n) is 15.3. The Hall–Kier alpha value is -1.91. The van der Waals surface area contributed by atoms with Gasteiger partial charge < -0.3 is 19.8 Å². The lowest BCUT2D eigenvalue weighted by Gasteiger charge is -2.07. The third kappa shape index (κ3) is 4.63. The van der Waals surface area contributed by atoms with E-state index in [1.807, 2.05) is 0 Å². The number of aryl methyl sites for hydroxylation is 1. The molecule has 0 aliphatic rings. The van der Waals surface area contributed by atoms with Crippen molar-refractivity contribution in [3.63, 3.8) is 0 Å². The lowest BCUT2D eigenvalue weighted by molar-refractivity contribution is 0.0599. The number of anilines is 1. The summed E-state index contributed by atoms with van der Waals surface area (Å²) in [5, 5.41) is 11.5. The summed E-state index contributed by atoms with van der Waals surface area (Å²) in [6, 6.07) is 0. The standard InChI is InChI=1S/C16H22N4O4S2/c1-8-11(14(22)24-5)9(2)18-12(8)13(21)10(3)25-16-20-19-15(26-16)17-6-7-23-4/h10,18H,6-7H2,1-5H3,(H,17,19)/t10-/m0/s1. The van der Waals surface area contributed by atoms with Gasteiger partial charge in [-0.1, -0.05) is 23.1 Å². The summed E-state index contributed by atoms with van der Waals surface area (Å²) in [6.07, 6.45) is 0. The van der Waals surface area contributed by atoms with Crippen LogP contribution in [0.25, 0.3) is 0 Å². The first kappa shape index (κ1) is 20.4. The molecule has 2 N–H and O–H groups in total. The summed E-state index contributed by atoms with van der Waals surface area (Å²) in [5.74, 6) is -0.554. The number of carbonyl (C=O) groups excluding carboxylic acids is 2. The Morgan fingerprint density at radius 1 is 1.31 bits per heavy atom. The van der Waals surface area contributed by atoms with Crippen molar-refractivity contribution < 1.29 is 19.1 Å². The summed E-state index contributed by atoms with van der Waals surface area (Å²) in [6.45, 7) is 6.51. The molecule has 10 heteroatoms. The summed E-state index contributed by atoms with van der Waals surface area (Å²) in [5.41, 5.74) is 2.06. The molecule has 0 spiro atoms. The molecular weight excluding hydrogens is 376 g/mol. The van der Waals surface area contributed by atoms with Crippen LogP contribution in [0.3, 0.4) is 0 Å². The predicted molar refractivity (Wildman–Crippen MR) is 102 cm³/mol. The van der Waals surface area contributed by atoms with Crippen molar-refractivity contribution >= 4 is 40.0 Å². The second kappa shape index (κ2) is 9.15. The fourth-order valence-corrected chi connectivity index (χ4v) is 4.38. The number of ether oxygens (including phenoxy) is 2. The Morgan fingerprint density at radius 3 is 2.69 bits per heavy atom. The van der Waals surface area contributed by atoms with Crippen LogP contribution in [0.15, 0.2) is 4.34 Å². The number of rotatable bonds is 9. The first-order valence-corrected chi connectivity index (χ1v) is 9.63. The van der Waals surface area contributed by atoms with Crippen molar-refractivity contribution in [1.29, 1.82) is 0 Å². The zero-order valence-corrected chi connectivity index (χ0v) is 17.0. The predicted octanol–water partition coefficient (Wildman–Crippen LogP) is 2.69. The molecular formula is C16H22N4O4S2. The first-order valence-electron chi connectivity index (χ1n) is 7.93. The number of thioether (sulfide) groups is 1. The molecule has 0 saturated heterocycles. The highest BCUT2D eigenvalue weighted by Gasteiger charge is 2.26. The number of Topliss-reactive ketones (excluding diaryl/α,β-unsaturated/α-hetero) is 1. The summed E-state index contributed by atoms with van der Waals surface area (Å²) < 4.78 is 10.4. The highest BCUT2D eigenvalue weighted by molar-refractivity contribution is 8.02. The highest BCUT2D eigenvalue weighted by atomic mass is 32.2. The van der Waals surface area contributed by atoms with Gasteiger partial charge in [0.2, 0.25) is 5.13 Å². The number of hydrogen-bond acceptors (Lipinski definition) is 9. The number of hydrogen-bond donors (Lipinski definition) is 2. The number of methoxy groups -OCH3 is 2. The number of nitrogens with one attached hydrogen (secondary N) is 2. The van der Waals surface area contributed by atoms with Gasteiger partial charge in [-0.2, -0.15) is 0 Å². The van der Waals surface area contributed by atoms with Gasteiger partial charge >= 0.3 is 5.97 Å². The topological polar surface area (TPSA) is 106 Å². The van der Waals surface area contributed by atoms with Gasteiger partial charge in [-0.15, -0.1) is 10.2 Å². The maximum Gasteiger partial charge on any atom is 0.339 e. The van der Waals surface area contributed by atoms with Crippen molar-refractivity contribution in [2.75, 3.05) is 32.7 Å². The van der Waals surface area contributed by atoms with Gasteiger partial charge in [-0.25, -0.2) is 4.79 Å². The van der Waals surface area contributed by atoms with E-state index in [1.165, 1.54) is 30.2 Å². The number of esters is 1. The molecule has 1 atom stereocenters. The molecule has 2 heterocycles. The molecule has 2 aromatic heterocycles. The number of ketones is 1. The number of aromatic nitrogens is 3. The van der Waals surface area contributed by atoms with Gasteiger partial charge in [0.15, 0.2) is 10.1 Å². The fourth-order valence-electron chi connectivity index (χ4n) is 2.40. The molecule has 0 saturated carbocycles. The second-order valence-corrected chi connectivity index (χ2v) is 8.10. The summed E-state index contributed by atoms with van der Waals surface area (Å²) >= 11 is 2.72. The number of carbonyl (C=O) groups is 2. The van der Waals surface area contributed by atoms with Crippen LogP contribution in [0.5, 0.6) is 0 Å². The SMILES string of the molecule is COCCNc1nnc(S[C@@H](C)C(=O)c2[nH]c(C)c(C(=O)OC)c2C)s1. The molecule has 0 amide bonds. The highest BCUT2D eigenvalue weighted by Crippen LogP contribution is 2.31. The van der Waals surface area contributed by atoms with Crippen LogP contribution in [-0.4, -0.2) is 59.6 Å². The Morgan fingerprint density at radius 2 is 2.04 bits per heavy atom. The smallest absolute Gasteiger partial charge is 0.339 e. The van der Waals surface area contributed by atoms with Gasteiger partial charge in [0.05, 0.1) is 30.2 Å². The lowest BCUT2D eigenvalue weighted by Crippen LogP contribution is -2.15. The number of aromatic amines is 1. The van der Waals surface area contributed by atoms with Gasteiger partial charge in [0, 0.05) is 19.3 Å². The molecule has 8 nitrogen and oxygen atoms in total. The zero-order chi connectivity index (χ0) is 19.3. The second-order valence-electron chi connectivity index (χ2n) is 5.53. The molecule has 2 rings (SSSR count). The van der Waals surface area contributed by atoms with E-state index >= 15 is 0 Å². The van der Waals surface area contributed by atoms with Gasteiger partial charge in [-0.3, -0.25) is 4.79 Å². The molecule has 0 fully saturated rings. The van der Waals surface area contributed by atoms with Crippen LogP contribution in [0.4, 0.5) is 5.13 Å². The molecule has 0 radical (unpaired) electrons. The minimum Gasteiger partial charge on any atom is -0.465 e. The van der Waals surface area contributed by atoms with Crippen molar-refractivity contribution in [3.05, 3.63) is 22.5 Å². The van der Waals surface area contributed by atoms with Crippen LogP contribution >= 0.6 is 23.1 Å². The maximum absolute atomic E-state index is 12.8. The van der Waals surface area contributed by atoms with E-state index in [2.05, 4.69) is 20.5 Å². The molecule has 0 bridgehead atoms. The van der Waals surface area contributed by atoms with Gasteiger partial charge in [0.1, 0.15) is 0 Å². The first-order chi connectivity index (χ1) is 12.4. The fraction of sp³-hybridized carbons (Fsp3) is 0.500. The van der Waals surface area contributed by atoms with E-state index in [1.54, 1.807) is 27.9 Å². The van der Waals surface area contributed by atoms with Crippen molar-refractivity contribution in [2.24, 2.45) is 0 Å². The third-order valence-electron chi connectivity index (χ3n) is 3.71. The van der Waals surface area contributed by atoms with Crippen LogP contribution in [0.2, 0.25) is 0 Å². The molecule has 0 aromatic carbocycles. The molecule has 0 unspecified atom stereocenters. The number of H-pyrrole nitrogens is 1. The van der Waals surface area contributed by atoms with E-state index < -0.39 is 5.97 Å². The van der Waals surface area contributed by atoms with Crippen LogP contribution in [-0.2, 0) is 9.47 Å². The Kier molecular flexibility index (Phi) is 7.18. The summed E-state index contributed by atoms with van der Waals surface area (Å²) in [4.78, 5) is 27.7. The Labute approximate surface area is 160 Å². The summed E-state index contributed by atoms with van der Waals surface area (Å²) in [7, 11) is 2.95. The van der Waals surface area contributed by atoms with E-state index in [0.717, 1.165) is 0 Å². The third-order valence-corrected chi connectivity index (χ3v) is 5.77. The van der Waals surface area contributed by atoms with E-state index in [-0.39, 0.29) is 11.0 Å². The molecule has 142 valence electrons. The van der Waals surface area contributed by atoms with E-state index in [0.29, 0.717) is 45.1 Å². The minimum atomic E-state index is -0.452. The monoisotopic (exact) mass is 398 g/mol. The quantitative estimate of drug-likeness (QED) is 0.287. The van der Waals surface area contributed by atoms with Crippen LogP contribution < -0.4 is 5.32 Å². The molecule has 26 heavy (non-hydrogen) atoms. The number of nitrogens with zero attached hydrogens (tertiary/aromatic N) is 2. The van der Waals surface area contributed by atoms with E-state index in [4.69, 9.17) is 9.47 Å². The van der Waals surface area contributed by atoms with Crippen molar-refractivity contribution in [2.45, 2.75) is 30.4 Å². The maximum atomic E-state index is 12.8. The van der Waals surface area contributed by atoms with Crippen molar-refractivity contribution in [1.82, 2.24) is 15.2 Å². The van der Waals surface area contributed by atoms with Crippen LogP contribution in [0, 0.1) is 13.8 Å².